The first-order valence-corrected chi connectivity index (χ1v) is 6.20. The normalized spacial score (nSPS) is 18.5. The molecule has 2 N–H and O–H groups in total. The molecule has 0 amide bonds. The summed E-state index contributed by atoms with van der Waals surface area (Å²) in [5.41, 5.74) is 8.38. The summed E-state index contributed by atoms with van der Waals surface area (Å²) < 4.78 is 13.2. The van der Waals surface area contributed by atoms with Gasteiger partial charge in [0.2, 0.25) is 0 Å². The molecule has 17 heavy (non-hydrogen) atoms. The van der Waals surface area contributed by atoms with Crippen LogP contribution in [0.15, 0.2) is 18.2 Å². The average Bonchev–Trinajstić information content (AvgIpc) is 2.32. The number of rotatable bonds is 2. The highest BCUT2D eigenvalue weighted by atomic mass is 35.5. The Hall–Kier alpha value is -0.600. The van der Waals surface area contributed by atoms with Gasteiger partial charge in [-0.3, -0.25) is 0 Å². The predicted molar refractivity (Wildman–Crippen MR) is 71.9 cm³/mol. The Morgan fingerprint density at radius 1 is 1.24 bits per heavy atom. The van der Waals surface area contributed by atoms with Gasteiger partial charge >= 0.3 is 0 Å². The quantitative estimate of drug-likeness (QED) is 0.847. The van der Waals surface area contributed by atoms with Crippen LogP contribution in [0, 0.1) is 18.7 Å². The second kappa shape index (κ2) is 6.36. The molecule has 2 rings (SSSR count). The molecule has 1 fully saturated rings. The third-order valence-corrected chi connectivity index (χ3v) is 3.76. The van der Waals surface area contributed by atoms with Crippen molar-refractivity contribution >= 4 is 12.4 Å². The van der Waals surface area contributed by atoms with Crippen molar-refractivity contribution < 1.29 is 4.39 Å². The minimum atomic E-state index is -0.174. The van der Waals surface area contributed by atoms with Gasteiger partial charge in [-0.25, -0.2) is 4.39 Å². The molecule has 1 saturated carbocycles. The van der Waals surface area contributed by atoms with E-state index in [1.165, 1.54) is 38.2 Å². The molecule has 0 aliphatic heterocycles. The highest BCUT2D eigenvalue weighted by Crippen LogP contribution is 2.34. The highest BCUT2D eigenvalue weighted by Gasteiger charge is 2.23. The SMILES string of the molecule is Cc1ccc(F)cc1[C@@H](N)C1CCCCC1.Cl. The molecular formula is C14H21ClFN. The molecule has 1 aromatic rings. The van der Waals surface area contributed by atoms with Crippen LogP contribution in [0.2, 0.25) is 0 Å². The van der Waals surface area contributed by atoms with Gasteiger partial charge in [0.1, 0.15) is 5.82 Å². The van der Waals surface area contributed by atoms with Crippen LogP contribution in [0.4, 0.5) is 4.39 Å². The van der Waals surface area contributed by atoms with E-state index in [-0.39, 0.29) is 24.3 Å². The topological polar surface area (TPSA) is 26.0 Å². The van der Waals surface area contributed by atoms with E-state index >= 15 is 0 Å². The smallest absolute Gasteiger partial charge is 0.123 e. The van der Waals surface area contributed by atoms with Crippen LogP contribution >= 0.6 is 12.4 Å². The van der Waals surface area contributed by atoms with Crippen molar-refractivity contribution in [1.82, 2.24) is 0 Å². The third-order valence-electron chi connectivity index (χ3n) is 3.76. The number of nitrogens with two attached hydrogens (primary N) is 1. The van der Waals surface area contributed by atoms with Crippen LogP contribution in [-0.4, -0.2) is 0 Å². The van der Waals surface area contributed by atoms with Crippen molar-refractivity contribution in [2.24, 2.45) is 11.7 Å². The molecule has 1 aromatic carbocycles. The van der Waals surface area contributed by atoms with E-state index in [1.54, 1.807) is 6.07 Å². The zero-order valence-corrected chi connectivity index (χ0v) is 11.1. The first-order chi connectivity index (χ1) is 7.68. The molecule has 3 heteroatoms. The Morgan fingerprint density at radius 3 is 2.53 bits per heavy atom. The molecular weight excluding hydrogens is 237 g/mol. The Morgan fingerprint density at radius 2 is 1.88 bits per heavy atom. The van der Waals surface area contributed by atoms with Gasteiger partial charge in [-0.15, -0.1) is 12.4 Å². The van der Waals surface area contributed by atoms with Crippen molar-refractivity contribution in [2.75, 3.05) is 0 Å². The second-order valence-electron chi connectivity index (χ2n) is 4.92. The predicted octanol–water partition coefficient (Wildman–Crippen LogP) is 4.14. The molecule has 0 spiro atoms. The molecule has 0 radical (unpaired) electrons. The molecule has 1 aliphatic carbocycles. The Labute approximate surface area is 109 Å². The van der Waals surface area contributed by atoms with Crippen molar-refractivity contribution in [3.63, 3.8) is 0 Å². The van der Waals surface area contributed by atoms with E-state index in [4.69, 9.17) is 5.73 Å². The number of hydrogen-bond donors (Lipinski definition) is 1. The van der Waals surface area contributed by atoms with Crippen molar-refractivity contribution in [3.05, 3.63) is 35.1 Å². The molecule has 1 atom stereocenters. The summed E-state index contributed by atoms with van der Waals surface area (Å²) in [6.07, 6.45) is 6.25. The summed E-state index contributed by atoms with van der Waals surface area (Å²) in [5, 5.41) is 0. The maximum Gasteiger partial charge on any atom is 0.123 e. The molecule has 0 heterocycles. The first-order valence-electron chi connectivity index (χ1n) is 6.20. The van der Waals surface area contributed by atoms with Gasteiger partial charge in [0, 0.05) is 6.04 Å². The lowest BCUT2D eigenvalue weighted by Crippen LogP contribution is -2.24. The van der Waals surface area contributed by atoms with Gasteiger partial charge in [-0.1, -0.05) is 25.3 Å². The largest absolute Gasteiger partial charge is 0.324 e. The molecule has 0 aromatic heterocycles. The Bertz CT molecular complexity index is 361. The summed E-state index contributed by atoms with van der Waals surface area (Å²) in [6, 6.07) is 4.95. The van der Waals surface area contributed by atoms with Crippen LogP contribution in [-0.2, 0) is 0 Å². The van der Waals surface area contributed by atoms with E-state index < -0.39 is 0 Å². The molecule has 0 saturated heterocycles. The minimum absolute atomic E-state index is 0. The summed E-state index contributed by atoms with van der Waals surface area (Å²) in [4.78, 5) is 0. The fourth-order valence-electron chi connectivity index (χ4n) is 2.72. The first kappa shape index (κ1) is 14.5. The lowest BCUT2D eigenvalue weighted by molar-refractivity contribution is 0.307. The van der Waals surface area contributed by atoms with Crippen LogP contribution in [0.1, 0.15) is 49.3 Å². The van der Waals surface area contributed by atoms with E-state index in [0.29, 0.717) is 5.92 Å². The summed E-state index contributed by atoms with van der Waals surface area (Å²) >= 11 is 0. The van der Waals surface area contributed by atoms with Gasteiger partial charge in [-0.05, 0) is 48.9 Å². The van der Waals surface area contributed by atoms with Crippen molar-refractivity contribution in [2.45, 2.75) is 45.1 Å². The lowest BCUT2D eigenvalue weighted by atomic mass is 9.80. The zero-order valence-electron chi connectivity index (χ0n) is 10.3. The fraction of sp³-hybridized carbons (Fsp3) is 0.571. The molecule has 1 nitrogen and oxygen atoms in total. The van der Waals surface area contributed by atoms with Crippen LogP contribution in [0.3, 0.4) is 0 Å². The number of halogens is 2. The van der Waals surface area contributed by atoms with Gasteiger partial charge in [-0.2, -0.15) is 0 Å². The summed E-state index contributed by atoms with van der Waals surface area (Å²) in [5.74, 6) is 0.362. The summed E-state index contributed by atoms with van der Waals surface area (Å²) in [7, 11) is 0. The average molecular weight is 258 g/mol. The monoisotopic (exact) mass is 257 g/mol. The lowest BCUT2D eigenvalue weighted by Gasteiger charge is -2.28. The standard InChI is InChI=1S/C14H20FN.ClH/c1-10-7-8-12(15)9-13(10)14(16)11-5-3-2-4-6-11;/h7-9,11,14H,2-6,16H2,1H3;1H/t14-;/m0./s1. The minimum Gasteiger partial charge on any atom is -0.324 e. The van der Waals surface area contributed by atoms with Gasteiger partial charge in [0.25, 0.3) is 0 Å². The molecule has 1 aliphatic rings. The maximum atomic E-state index is 13.2. The van der Waals surface area contributed by atoms with Crippen molar-refractivity contribution in [3.8, 4) is 0 Å². The van der Waals surface area contributed by atoms with Crippen molar-refractivity contribution in [1.29, 1.82) is 0 Å². The van der Waals surface area contributed by atoms with E-state index in [1.807, 2.05) is 13.0 Å². The number of hydrogen-bond acceptors (Lipinski definition) is 1. The molecule has 0 bridgehead atoms. The van der Waals surface area contributed by atoms with Crippen LogP contribution < -0.4 is 5.73 Å². The van der Waals surface area contributed by atoms with Crippen LogP contribution in [0.25, 0.3) is 0 Å². The third kappa shape index (κ3) is 3.43. The van der Waals surface area contributed by atoms with Gasteiger partial charge in [0.05, 0.1) is 0 Å². The second-order valence-corrected chi connectivity index (χ2v) is 4.92. The highest BCUT2D eigenvalue weighted by molar-refractivity contribution is 5.85. The summed E-state index contributed by atoms with van der Waals surface area (Å²) in [6.45, 7) is 2.01. The number of aryl methyl sites for hydroxylation is 1. The Balaban J connectivity index is 0.00000144. The van der Waals surface area contributed by atoms with Gasteiger partial charge < -0.3 is 5.73 Å². The Kier molecular flexibility index (Phi) is 5.41. The van der Waals surface area contributed by atoms with Gasteiger partial charge in [0.15, 0.2) is 0 Å². The van der Waals surface area contributed by atoms with Crippen LogP contribution in [0.5, 0.6) is 0 Å². The number of benzene rings is 1. The fourth-order valence-corrected chi connectivity index (χ4v) is 2.72. The maximum absolute atomic E-state index is 13.2. The molecule has 96 valence electrons. The van der Waals surface area contributed by atoms with E-state index in [2.05, 4.69) is 0 Å². The molecule has 0 unspecified atom stereocenters. The van der Waals surface area contributed by atoms with E-state index in [9.17, 15) is 4.39 Å². The zero-order chi connectivity index (χ0) is 11.5. The van der Waals surface area contributed by atoms with E-state index in [0.717, 1.165) is 11.1 Å².